The van der Waals surface area contributed by atoms with Crippen LogP contribution in [0.2, 0.25) is 0 Å². The first-order valence-electron chi connectivity index (χ1n) is 9.19. The fourth-order valence-electron chi connectivity index (χ4n) is 3.63. The fourth-order valence-corrected chi connectivity index (χ4v) is 3.91. The molecule has 2 aromatic heterocycles. The van der Waals surface area contributed by atoms with Gasteiger partial charge in [-0.1, -0.05) is 35.9 Å². The van der Waals surface area contributed by atoms with E-state index in [1.165, 1.54) is 16.7 Å². The summed E-state index contributed by atoms with van der Waals surface area (Å²) in [7, 11) is 3.78. The van der Waals surface area contributed by atoms with E-state index in [2.05, 4.69) is 42.0 Å². The molecule has 2 aromatic carbocycles. The third kappa shape index (κ3) is 3.06. The SMILES string of the molecule is Cc1ccc(CN(C)Cn2nc3n(C)c(=O)c4ccccc4n3c2=S)c(C)c1. The molecule has 0 aliphatic carbocycles. The van der Waals surface area contributed by atoms with Crippen LogP contribution >= 0.6 is 12.2 Å². The Balaban J connectivity index is 1.74. The number of hydrogen-bond donors (Lipinski definition) is 0. The summed E-state index contributed by atoms with van der Waals surface area (Å²) in [4.78, 5) is 14.8. The maximum atomic E-state index is 12.6. The predicted molar refractivity (Wildman–Crippen MR) is 114 cm³/mol. The molecular weight excluding hydrogens is 370 g/mol. The number of aryl methyl sites for hydroxylation is 3. The van der Waals surface area contributed by atoms with Crippen molar-refractivity contribution in [1.82, 2.24) is 23.6 Å². The fraction of sp³-hybridized carbons (Fsp3) is 0.286. The molecule has 0 aliphatic heterocycles. The van der Waals surface area contributed by atoms with Crippen molar-refractivity contribution in [3.8, 4) is 0 Å². The smallest absolute Gasteiger partial charge is 0.262 e. The Bertz CT molecular complexity index is 1310. The zero-order chi connectivity index (χ0) is 20.0. The van der Waals surface area contributed by atoms with Gasteiger partial charge in [0.1, 0.15) is 0 Å². The second kappa shape index (κ2) is 7.00. The third-order valence-corrected chi connectivity index (χ3v) is 5.51. The van der Waals surface area contributed by atoms with Crippen LogP contribution in [-0.2, 0) is 20.3 Å². The van der Waals surface area contributed by atoms with Crippen LogP contribution in [0.4, 0.5) is 0 Å². The number of fused-ring (bicyclic) bond motifs is 3. The number of nitrogens with zero attached hydrogens (tertiary/aromatic N) is 5. The third-order valence-electron chi connectivity index (χ3n) is 5.12. The van der Waals surface area contributed by atoms with Crippen LogP contribution in [0.15, 0.2) is 47.3 Å². The van der Waals surface area contributed by atoms with E-state index < -0.39 is 0 Å². The number of hydrogen-bond acceptors (Lipinski definition) is 4. The number of benzene rings is 2. The van der Waals surface area contributed by atoms with E-state index in [0.29, 0.717) is 22.6 Å². The average molecular weight is 394 g/mol. The van der Waals surface area contributed by atoms with Gasteiger partial charge in [0.15, 0.2) is 0 Å². The maximum absolute atomic E-state index is 12.6. The molecule has 6 nitrogen and oxygen atoms in total. The highest BCUT2D eigenvalue weighted by Gasteiger charge is 2.14. The lowest BCUT2D eigenvalue weighted by molar-refractivity contribution is 0.244. The highest BCUT2D eigenvalue weighted by Crippen LogP contribution is 2.15. The van der Waals surface area contributed by atoms with Crippen LogP contribution < -0.4 is 5.56 Å². The normalized spacial score (nSPS) is 11.8. The van der Waals surface area contributed by atoms with Crippen LogP contribution in [0.1, 0.15) is 16.7 Å². The van der Waals surface area contributed by atoms with Gasteiger partial charge in [-0.15, -0.1) is 5.10 Å². The van der Waals surface area contributed by atoms with Crippen LogP contribution in [0.25, 0.3) is 16.7 Å². The lowest BCUT2D eigenvalue weighted by Gasteiger charge is -2.18. The van der Waals surface area contributed by atoms with Gasteiger partial charge in [0.2, 0.25) is 10.5 Å². The quantitative estimate of drug-likeness (QED) is 0.499. The summed E-state index contributed by atoms with van der Waals surface area (Å²) in [5, 5.41) is 5.27. The average Bonchev–Trinajstić information content (AvgIpc) is 2.99. The van der Waals surface area contributed by atoms with E-state index in [1.807, 2.05) is 35.7 Å². The van der Waals surface area contributed by atoms with Crippen molar-refractivity contribution in [3.63, 3.8) is 0 Å². The van der Waals surface area contributed by atoms with Gasteiger partial charge in [-0.3, -0.25) is 18.7 Å². The van der Waals surface area contributed by atoms with Crippen LogP contribution in [0.3, 0.4) is 0 Å². The van der Waals surface area contributed by atoms with Crippen molar-refractivity contribution >= 4 is 28.9 Å². The number of aromatic nitrogens is 4. The van der Waals surface area contributed by atoms with Crippen LogP contribution in [-0.4, -0.2) is 30.7 Å². The Morgan fingerprint density at radius 3 is 2.64 bits per heavy atom. The summed E-state index contributed by atoms with van der Waals surface area (Å²) in [6.45, 7) is 5.57. The van der Waals surface area contributed by atoms with Crippen molar-refractivity contribution in [1.29, 1.82) is 0 Å². The number of para-hydroxylation sites is 1. The second-order valence-corrected chi connectivity index (χ2v) is 7.75. The number of rotatable bonds is 4. The molecule has 7 heteroatoms. The Kier molecular flexibility index (Phi) is 4.64. The molecule has 0 spiro atoms. The lowest BCUT2D eigenvalue weighted by atomic mass is 10.1. The van der Waals surface area contributed by atoms with Crippen molar-refractivity contribution in [3.05, 3.63) is 74.3 Å². The van der Waals surface area contributed by atoms with E-state index in [0.717, 1.165) is 12.1 Å². The molecule has 0 fully saturated rings. The Hall–Kier alpha value is -2.77. The summed E-state index contributed by atoms with van der Waals surface area (Å²) in [6.07, 6.45) is 0. The van der Waals surface area contributed by atoms with Gasteiger partial charge in [-0.05, 0) is 56.4 Å². The molecule has 2 heterocycles. The highest BCUT2D eigenvalue weighted by molar-refractivity contribution is 7.71. The first kappa shape index (κ1) is 18.6. The van der Waals surface area contributed by atoms with Gasteiger partial charge in [0.05, 0.1) is 17.6 Å². The van der Waals surface area contributed by atoms with E-state index in [4.69, 9.17) is 12.2 Å². The minimum absolute atomic E-state index is 0.0705. The monoisotopic (exact) mass is 393 g/mol. The summed E-state index contributed by atoms with van der Waals surface area (Å²) in [5.41, 5.74) is 4.53. The van der Waals surface area contributed by atoms with Crippen molar-refractivity contribution < 1.29 is 0 Å². The van der Waals surface area contributed by atoms with Crippen molar-refractivity contribution in [2.75, 3.05) is 7.05 Å². The van der Waals surface area contributed by atoms with Gasteiger partial charge in [-0.25, -0.2) is 4.68 Å². The Morgan fingerprint density at radius 2 is 1.89 bits per heavy atom. The molecule has 28 heavy (non-hydrogen) atoms. The summed E-state index contributed by atoms with van der Waals surface area (Å²) >= 11 is 5.70. The van der Waals surface area contributed by atoms with Gasteiger partial charge in [0.25, 0.3) is 5.56 Å². The zero-order valence-electron chi connectivity index (χ0n) is 16.5. The van der Waals surface area contributed by atoms with Crippen LogP contribution in [0.5, 0.6) is 0 Å². The van der Waals surface area contributed by atoms with E-state index >= 15 is 0 Å². The zero-order valence-corrected chi connectivity index (χ0v) is 17.3. The highest BCUT2D eigenvalue weighted by atomic mass is 32.1. The molecule has 4 rings (SSSR count). The lowest BCUT2D eigenvalue weighted by Crippen LogP contribution is -2.23. The molecule has 0 amide bonds. The van der Waals surface area contributed by atoms with Gasteiger partial charge in [-0.2, -0.15) is 0 Å². The molecule has 144 valence electrons. The maximum Gasteiger partial charge on any atom is 0.262 e. The predicted octanol–water partition coefficient (Wildman–Crippen LogP) is 3.42. The van der Waals surface area contributed by atoms with Gasteiger partial charge in [0, 0.05) is 13.6 Å². The Morgan fingerprint density at radius 1 is 1.14 bits per heavy atom. The van der Waals surface area contributed by atoms with Crippen molar-refractivity contribution in [2.24, 2.45) is 7.05 Å². The summed E-state index contributed by atoms with van der Waals surface area (Å²) < 4.78 is 5.78. The topological polar surface area (TPSA) is 47.5 Å². The summed E-state index contributed by atoms with van der Waals surface area (Å²) in [5.74, 6) is 0.550. The molecule has 0 aliphatic rings. The summed E-state index contributed by atoms with van der Waals surface area (Å²) in [6, 6.07) is 14.0. The molecule has 4 aromatic rings. The van der Waals surface area contributed by atoms with Gasteiger partial charge >= 0.3 is 0 Å². The first-order chi connectivity index (χ1) is 13.4. The van der Waals surface area contributed by atoms with Crippen molar-refractivity contribution in [2.45, 2.75) is 27.1 Å². The molecule has 0 radical (unpaired) electrons. The molecule has 0 N–H and O–H groups in total. The largest absolute Gasteiger partial charge is 0.283 e. The molecule has 0 bridgehead atoms. The van der Waals surface area contributed by atoms with E-state index in [9.17, 15) is 4.79 Å². The molecular formula is C21H23N5OS. The molecule has 0 saturated carbocycles. The molecule has 0 atom stereocenters. The second-order valence-electron chi connectivity index (χ2n) is 7.38. The first-order valence-corrected chi connectivity index (χ1v) is 9.59. The molecule has 0 saturated heterocycles. The minimum atomic E-state index is -0.0705. The minimum Gasteiger partial charge on any atom is -0.283 e. The van der Waals surface area contributed by atoms with E-state index in [-0.39, 0.29) is 5.56 Å². The Labute approximate surface area is 168 Å². The van der Waals surface area contributed by atoms with E-state index in [1.54, 1.807) is 16.3 Å². The van der Waals surface area contributed by atoms with Gasteiger partial charge < -0.3 is 0 Å². The van der Waals surface area contributed by atoms with Crippen LogP contribution in [0, 0.1) is 18.6 Å². The standard InChI is InChI=1S/C21H23N5OS/c1-14-9-10-16(15(2)11-14)12-23(3)13-25-21(28)26-18-8-6-5-7-17(18)19(27)24(4)20(26)22-25/h5-11H,12-13H2,1-4H3. The molecule has 0 unspecified atom stereocenters.